The maximum Gasteiger partial charge on any atom is 0.242 e. The van der Waals surface area contributed by atoms with Gasteiger partial charge < -0.3 is 200 Å². The second kappa shape index (κ2) is 71.9. The molecule has 0 aromatic heterocycles. The fourth-order valence-corrected chi connectivity index (χ4v) is 10.5. The fourth-order valence-electron chi connectivity index (χ4n) is 10.5. The van der Waals surface area contributed by atoms with Gasteiger partial charge in [-0.2, -0.15) is 0 Å². The minimum absolute atomic E-state index is 0.00308. The predicted molar refractivity (Wildman–Crippen MR) is 423 cm³/mol. The molecule has 24 N–H and O–H groups in total. The topological polar surface area (TPSA) is 708 Å². The fraction of sp³-hybridized carbons (Fsp3) is 0.904. The molecule has 17 atom stereocenters. The third-order valence-electron chi connectivity index (χ3n) is 18.2. The molecule has 0 aliphatic rings. The van der Waals surface area contributed by atoms with Crippen molar-refractivity contribution in [1.82, 2.24) is 44.9 Å². The molecule has 0 aliphatic heterocycles. The van der Waals surface area contributed by atoms with Gasteiger partial charge in [-0.1, -0.05) is 0 Å². The molecule has 0 aromatic rings. The van der Waals surface area contributed by atoms with Gasteiger partial charge in [-0.05, 0) is 12.8 Å². The summed E-state index contributed by atoms with van der Waals surface area (Å²) in [5, 5.41) is 203. The standard InChI is InChI=1S/C73H144N10O39/c1-77(41-60(97)76-10-11-82(37-51(88)65(102)69(106)55(92)46-84)38-52(89)66(103)70(107)56(93)47-85)61(98)42-78(2)62(99)43-79(3)63(100)44-80(4)64(101)45-81(5)73(110)50(74)7-6-9-75-59(96)8-13-111-15-17-113-19-21-115-23-25-117-27-29-119-31-33-121-35-36-122-34-32-120-30-28-118-26-24-116-22-20-114-18-16-112-14-12-83(39-53(90)67(104)71(108)57(94)48-86)40-54(91)68(105)72(109)58(95)49-87/h50-58,65-72,84-95,102-109H,6-49,74H2,1-5H3,(H,75,96)(H,76,97)/t50?,51-,52-,53-,54-,55+,56+,57+,58+,65+,66+,67+,68+,69+,70+,71+,72+/m0/s1. The Morgan fingerprint density at radius 3 is 0.770 bits per heavy atom. The zero-order valence-electron chi connectivity index (χ0n) is 70.8. The first kappa shape index (κ1) is 117. The van der Waals surface area contributed by atoms with Gasteiger partial charge in [-0.3, -0.25) is 43.4 Å². The van der Waals surface area contributed by atoms with Crippen molar-refractivity contribution in [2.45, 2.75) is 123 Å². The van der Waals surface area contributed by atoms with Crippen molar-refractivity contribution in [3.05, 3.63) is 0 Å². The highest BCUT2D eigenvalue weighted by molar-refractivity contribution is 5.92. The summed E-state index contributed by atoms with van der Waals surface area (Å²) in [5.41, 5.74) is 6.11. The Bertz CT molecular complexity index is 2620. The van der Waals surface area contributed by atoms with E-state index in [4.69, 9.17) is 83.0 Å². The van der Waals surface area contributed by atoms with Crippen LogP contribution >= 0.6 is 0 Å². The van der Waals surface area contributed by atoms with Crippen molar-refractivity contribution in [2.75, 3.05) is 305 Å². The van der Waals surface area contributed by atoms with E-state index in [0.717, 1.165) is 29.4 Å². The van der Waals surface area contributed by atoms with Crippen LogP contribution in [0, 0.1) is 0 Å². The first-order valence-corrected chi connectivity index (χ1v) is 40.2. The van der Waals surface area contributed by atoms with Crippen molar-refractivity contribution in [1.29, 1.82) is 0 Å². The second-order valence-corrected chi connectivity index (χ2v) is 28.5. The van der Waals surface area contributed by atoms with Crippen molar-refractivity contribution in [3.63, 3.8) is 0 Å². The van der Waals surface area contributed by atoms with Gasteiger partial charge in [0.2, 0.25) is 41.4 Å². The van der Waals surface area contributed by atoms with E-state index in [1.807, 2.05) is 0 Å². The molecule has 0 heterocycles. The van der Waals surface area contributed by atoms with Gasteiger partial charge in [-0.25, -0.2) is 0 Å². The molecule has 0 saturated heterocycles. The van der Waals surface area contributed by atoms with Crippen LogP contribution in [0.4, 0.5) is 0 Å². The van der Waals surface area contributed by atoms with E-state index in [1.165, 1.54) is 40.1 Å². The molecule has 0 spiro atoms. The summed E-state index contributed by atoms with van der Waals surface area (Å²) in [4.78, 5) is 98.0. The van der Waals surface area contributed by atoms with E-state index in [2.05, 4.69) is 10.6 Å². The molecular weight excluding hydrogens is 1640 g/mol. The number of nitrogens with one attached hydrogen (secondary N) is 2. The maximum absolute atomic E-state index is 13.1. The first-order chi connectivity index (χ1) is 58.0. The van der Waals surface area contributed by atoms with E-state index in [-0.39, 0.29) is 91.2 Å². The van der Waals surface area contributed by atoms with E-state index in [1.54, 1.807) is 0 Å². The summed E-state index contributed by atoms with van der Waals surface area (Å²) < 4.78 is 66.0. The Morgan fingerprint density at radius 1 is 0.279 bits per heavy atom. The van der Waals surface area contributed by atoms with Gasteiger partial charge in [0.1, 0.15) is 73.2 Å². The number of nitrogens with two attached hydrogens (primary N) is 1. The Balaban J connectivity index is 4.08. The summed E-state index contributed by atoms with van der Waals surface area (Å²) >= 11 is 0. The number of aliphatic hydroxyl groups is 20. The minimum atomic E-state index is -2.03. The molecule has 49 heteroatoms. The molecule has 0 bridgehead atoms. The van der Waals surface area contributed by atoms with E-state index in [0.29, 0.717) is 119 Å². The zero-order valence-corrected chi connectivity index (χ0v) is 70.8. The quantitative estimate of drug-likeness (QED) is 0.0251. The lowest BCUT2D eigenvalue weighted by atomic mass is 10.0. The third-order valence-corrected chi connectivity index (χ3v) is 18.2. The van der Waals surface area contributed by atoms with Gasteiger partial charge in [0, 0.05) is 94.0 Å². The van der Waals surface area contributed by atoms with Gasteiger partial charge in [0.15, 0.2) is 0 Å². The third kappa shape index (κ3) is 54.8. The lowest BCUT2D eigenvalue weighted by molar-refractivity contribution is -0.145. The Morgan fingerprint density at radius 2 is 0.500 bits per heavy atom. The van der Waals surface area contributed by atoms with E-state index >= 15 is 0 Å². The average molecular weight is 1790 g/mol. The van der Waals surface area contributed by atoms with Gasteiger partial charge in [-0.15, -0.1) is 0 Å². The molecule has 0 aliphatic carbocycles. The number of hydrogen-bond acceptors (Lipinski definition) is 42. The van der Waals surface area contributed by atoms with Crippen LogP contribution in [0.25, 0.3) is 0 Å². The molecule has 0 radical (unpaired) electrons. The lowest BCUT2D eigenvalue weighted by Gasteiger charge is -2.33. The van der Waals surface area contributed by atoms with Crippen LogP contribution in [0.1, 0.15) is 19.3 Å². The van der Waals surface area contributed by atoms with Crippen molar-refractivity contribution < 1.29 is 193 Å². The van der Waals surface area contributed by atoms with Crippen LogP contribution in [-0.2, 0) is 90.4 Å². The van der Waals surface area contributed by atoms with Crippen LogP contribution in [0.3, 0.4) is 0 Å². The molecule has 0 fully saturated rings. The number of carbonyl (C=O) groups excluding carboxylic acids is 7. The predicted octanol–water partition coefficient (Wildman–Crippen LogP) is -16.4. The number of ether oxygens (including phenoxy) is 12. The number of likely N-dealkylation sites (N-methyl/N-ethyl adjacent to an activating group) is 5. The lowest BCUT2D eigenvalue weighted by Crippen LogP contribution is -2.54. The van der Waals surface area contributed by atoms with E-state index < -0.39 is 224 Å². The largest absolute Gasteiger partial charge is 0.394 e. The molecule has 0 rings (SSSR count). The normalized spacial score (nSPS) is 16.1. The van der Waals surface area contributed by atoms with E-state index in [9.17, 15) is 115 Å². The molecule has 122 heavy (non-hydrogen) atoms. The van der Waals surface area contributed by atoms with Crippen molar-refractivity contribution in [3.8, 4) is 0 Å². The summed E-state index contributed by atoms with van der Waals surface area (Å²) in [7, 11) is 6.52. The van der Waals surface area contributed by atoms with Crippen LogP contribution in [0.5, 0.6) is 0 Å². The van der Waals surface area contributed by atoms with Crippen LogP contribution in [0.2, 0.25) is 0 Å². The second-order valence-electron chi connectivity index (χ2n) is 28.5. The van der Waals surface area contributed by atoms with Gasteiger partial charge in [0.05, 0.1) is 248 Å². The minimum Gasteiger partial charge on any atom is -0.394 e. The highest BCUT2D eigenvalue weighted by Gasteiger charge is 2.37. The summed E-state index contributed by atoms with van der Waals surface area (Å²) in [6, 6.07) is -1.01. The Kier molecular flexibility index (Phi) is 68.9. The SMILES string of the molecule is CN(CC(=O)NCCN(C[C@H](O)[C@@H](O)[C@H](O)[C@H](O)CO)C[C@H](O)[C@@H](O)[C@H](O)[C@H](O)CO)C(=O)CN(C)C(=O)CN(C)C(=O)CN(C)C(=O)CN(C)C(=O)C(N)CCCNC(=O)CCOCCOCCOCCOCCOCCOCCOCCOCCOCCOCCOCCOCCN(C[C@H](O)[C@@H](O)[C@H](O)[C@H](O)CO)C[C@H](O)[C@@H](O)[C@H](O)[C@H](O)CO. The molecule has 49 nitrogen and oxygen atoms in total. The molecule has 720 valence electrons. The molecule has 0 saturated carbocycles. The number of aliphatic hydroxyl groups excluding tert-OH is 20. The Hall–Kier alpha value is -5.11. The number of rotatable bonds is 81. The van der Waals surface area contributed by atoms with Crippen LogP contribution in [0.15, 0.2) is 0 Å². The molecule has 7 amide bonds. The first-order valence-electron chi connectivity index (χ1n) is 40.2. The highest BCUT2D eigenvalue weighted by Crippen LogP contribution is 2.14. The number of hydrogen-bond donors (Lipinski definition) is 23. The highest BCUT2D eigenvalue weighted by atomic mass is 16.6. The van der Waals surface area contributed by atoms with Crippen LogP contribution in [-0.4, -0.2) is 587 Å². The monoisotopic (exact) mass is 1780 g/mol. The molecule has 1 unspecified atom stereocenters. The number of nitrogens with zero attached hydrogens (tertiary/aromatic N) is 7. The average Bonchev–Trinajstić information content (AvgIpc) is 0.865. The molecule has 0 aromatic carbocycles. The van der Waals surface area contributed by atoms with Crippen molar-refractivity contribution in [2.24, 2.45) is 5.73 Å². The zero-order chi connectivity index (χ0) is 91.9. The summed E-state index contributed by atoms with van der Waals surface area (Å²) in [6.45, 7) is -1.07. The smallest absolute Gasteiger partial charge is 0.242 e. The summed E-state index contributed by atoms with van der Waals surface area (Å²) in [6.07, 6.45) is -29.4. The molecular formula is C73H144N10O39. The number of carbonyl (C=O) groups is 7. The number of amides is 7. The van der Waals surface area contributed by atoms with Crippen molar-refractivity contribution >= 4 is 41.4 Å². The summed E-state index contributed by atoms with van der Waals surface area (Å²) in [5.74, 6) is -4.24. The van der Waals surface area contributed by atoms with Gasteiger partial charge >= 0.3 is 0 Å². The van der Waals surface area contributed by atoms with Gasteiger partial charge in [0.25, 0.3) is 0 Å². The van der Waals surface area contributed by atoms with Crippen LogP contribution < -0.4 is 16.4 Å². The maximum atomic E-state index is 13.1. The Labute approximate surface area is 710 Å².